The maximum Gasteiger partial charge on any atom is 0.416 e. The number of imide groups is 1. The van der Waals surface area contributed by atoms with Crippen molar-refractivity contribution in [3.8, 4) is 0 Å². The molecule has 0 spiro atoms. The maximum atomic E-state index is 12.9. The second kappa shape index (κ2) is 5.30. The number of anilines is 1. The van der Waals surface area contributed by atoms with Gasteiger partial charge in [0.05, 0.1) is 23.1 Å². The molecule has 3 nitrogen and oxygen atoms in total. The van der Waals surface area contributed by atoms with E-state index in [0.29, 0.717) is 0 Å². The number of rotatable bonds is 1. The average Bonchev–Trinajstić information content (AvgIpc) is 3.12. The molecule has 0 radical (unpaired) electrons. The Bertz CT molecular complexity index is 706. The van der Waals surface area contributed by atoms with Gasteiger partial charge in [0.1, 0.15) is 0 Å². The molecule has 2 bridgehead atoms. The lowest BCUT2D eigenvalue weighted by atomic mass is 9.81. The fourth-order valence-corrected chi connectivity index (χ4v) is 6.30. The maximum absolute atomic E-state index is 12.9. The van der Waals surface area contributed by atoms with Gasteiger partial charge in [-0.15, -0.1) is 0 Å². The molecule has 6 atom stereocenters. The van der Waals surface area contributed by atoms with E-state index < -0.39 is 23.6 Å². The van der Waals surface area contributed by atoms with Crippen molar-refractivity contribution in [3.05, 3.63) is 29.8 Å². The van der Waals surface area contributed by atoms with Crippen molar-refractivity contribution in [1.29, 1.82) is 0 Å². The van der Waals surface area contributed by atoms with Crippen molar-refractivity contribution in [2.45, 2.75) is 22.3 Å². The number of nitrogens with zero attached hydrogens (tertiary/aromatic N) is 1. The highest BCUT2D eigenvalue weighted by molar-refractivity contribution is 9.12. The minimum atomic E-state index is -4.52. The first-order valence-electron chi connectivity index (χ1n) is 7.55. The lowest BCUT2D eigenvalue weighted by Gasteiger charge is -2.28. The van der Waals surface area contributed by atoms with Crippen LogP contribution in [0.3, 0.4) is 0 Å². The van der Waals surface area contributed by atoms with E-state index in [1.165, 1.54) is 12.1 Å². The normalized spacial score (nSPS) is 38.1. The van der Waals surface area contributed by atoms with Crippen LogP contribution in [-0.4, -0.2) is 21.5 Å². The molecule has 1 aromatic carbocycles. The predicted octanol–water partition coefficient (Wildman–Crippen LogP) is 3.99. The SMILES string of the molecule is O=C1[C@H]2[C@@H]3C[C@@H]([C@@H](Br)[C@H]3Br)[C@@H]2C(=O)N1c1cccc(C(F)(F)F)c1. The third kappa shape index (κ3) is 2.14. The van der Waals surface area contributed by atoms with Crippen LogP contribution in [0.5, 0.6) is 0 Å². The monoisotopic (exact) mass is 465 g/mol. The van der Waals surface area contributed by atoms with E-state index in [-0.39, 0.29) is 39.0 Å². The fourth-order valence-electron chi connectivity index (χ4n) is 4.42. The Labute approximate surface area is 152 Å². The Morgan fingerprint density at radius 1 is 1.00 bits per heavy atom. The van der Waals surface area contributed by atoms with E-state index >= 15 is 0 Å². The summed E-state index contributed by atoms with van der Waals surface area (Å²) in [6.07, 6.45) is -3.73. The van der Waals surface area contributed by atoms with Crippen molar-refractivity contribution >= 4 is 49.4 Å². The third-order valence-corrected chi connectivity index (χ3v) is 8.63. The summed E-state index contributed by atoms with van der Waals surface area (Å²) in [5.74, 6) is -1.54. The van der Waals surface area contributed by atoms with E-state index in [4.69, 9.17) is 0 Å². The van der Waals surface area contributed by atoms with Gasteiger partial charge in [-0.2, -0.15) is 13.2 Å². The van der Waals surface area contributed by atoms with Gasteiger partial charge in [-0.1, -0.05) is 37.9 Å². The lowest BCUT2D eigenvalue weighted by Crippen LogP contribution is -2.37. The summed E-state index contributed by atoms with van der Waals surface area (Å²) in [4.78, 5) is 26.7. The number of hydrogen-bond donors (Lipinski definition) is 0. The molecule has 0 N–H and O–H groups in total. The molecule has 2 amide bonds. The number of fused-ring (bicyclic) bond motifs is 5. The van der Waals surface area contributed by atoms with E-state index in [2.05, 4.69) is 31.9 Å². The van der Waals surface area contributed by atoms with Gasteiger partial charge in [0.25, 0.3) is 0 Å². The average molecular weight is 467 g/mol. The van der Waals surface area contributed by atoms with E-state index in [0.717, 1.165) is 23.5 Å². The molecule has 0 aromatic heterocycles. The summed E-state index contributed by atoms with van der Waals surface area (Å²) in [6.45, 7) is 0. The van der Waals surface area contributed by atoms with Crippen molar-refractivity contribution in [1.82, 2.24) is 0 Å². The van der Waals surface area contributed by atoms with Gasteiger partial charge in [0.15, 0.2) is 0 Å². The number of benzene rings is 1. The zero-order chi connectivity index (χ0) is 17.4. The van der Waals surface area contributed by atoms with Crippen LogP contribution >= 0.6 is 31.9 Å². The molecule has 3 aliphatic rings. The summed E-state index contributed by atoms with van der Waals surface area (Å²) in [7, 11) is 0. The standard InChI is InChI=1S/C16H12Br2F3NO2/c17-12-8-5-9(13(12)18)11-10(8)14(23)22(15(11)24)7-3-1-2-6(4-7)16(19,20)21/h1-4,8-13H,5H2/t8-,9+,10-,11-,12-,13+/m0/s1. The number of carbonyl (C=O) groups is 2. The highest BCUT2D eigenvalue weighted by Gasteiger charge is 2.66. The second-order valence-corrected chi connectivity index (χ2v) is 8.68. The minimum Gasteiger partial charge on any atom is -0.274 e. The van der Waals surface area contributed by atoms with Crippen LogP contribution in [0, 0.1) is 23.7 Å². The first-order chi connectivity index (χ1) is 11.2. The van der Waals surface area contributed by atoms with Gasteiger partial charge in [-0.25, -0.2) is 0 Å². The number of carbonyl (C=O) groups excluding carboxylic acids is 2. The van der Waals surface area contributed by atoms with E-state index in [1.54, 1.807) is 0 Å². The Morgan fingerprint density at radius 3 is 2.04 bits per heavy atom. The van der Waals surface area contributed by atoms with Gasteiger partial charge < -0.3 is 0 Å². The summed E-state index contributed by atoms with van der Waals surface area (Å²) >= 11 is 7.16. The zero-order valence-electron chi connectivity index (χ0n) is 12.1. The highest BCUT2D eigenvalue weighted by Crippen LogP contribution is 2.60. The Hall–Kier alpha value is -0.890. The van der Waals surface area contributed by atoms with Crippen LogP contribution in [0.2, 0.25) is 0 Å². The first-order valence-corrected chi connectivity index (χ1v) is 9.38. The molecule has 8 heteroatoms. The van der Waals surface area contributed by atoms with Crippen LogP contribution in [0.1, 0.15) is 12.0 Å². The van der Waals surface area contributed by atoms with Gasteiger partial charge >= 0.3 is 6.18 Å². The molecule has 0 unspecified atom stereocenters. The van der Waals surface area contributed by atoms with Crippen LogP contribution < -0.4 is 4.90 Å². The molecule has 3 fully saturated rings. The summed E-state index contributed by atoms with van der Waals surface area (Å²) in [5, 5.41) is 0. The topological polar surface area (TPSA) is 37.4 Å². The molecule has 1 aliphatic heterocycles. The summed E-state index contributed by atoms with van der Waals surface area (Å²) < 4.78 is 38.7. The number of halogens is 5. The van der Waals surface area contributed by atoms with Crippen molar-refractivity contribution in [3.63, 3.8) is 0 Å². The fraction of sp³-hybridized carbons (Fsp3) is 0.500. The number of amides is 2. The van der Waals surface area contributed by atoms with Crippen LogP contribution in [0.15, 0.2) is 24.3 Å². The smallest absolute Gasteiger partial charge is 0.274 e. The van der Waals surface area contributed by atoms with Gasteiger partial charge in [0, 0.05) is 9.65 Å². The van der Waals surface area contributed by atoms with Crippen molar-refractivity contribution < 1.29 is 22.8 Å². The minimum absolute atomic E-state index is 0.00544. The molecule has 24 heavy (non-hydrogen) atoms. The highest BCUT2D eigenvalue weighted by atomic mass is 79.9. The van der Waals surface area contributed by atoms with Gasteiger partial charge in [-0.05, 0) is 36.5 Å². The summed E-state index contributed by atoms with van der Waals surface area (Å²) in [6, 6.07) is 4.41. The molecule has 2 saturated carbocycles. The molecule has 1 saturated heterocycles. The molecular weight excluding hydrogens is 455 g/mol. The van der Waals surface area contributed by atoms with Crippen LogP contribution in [0.4, 0.5) is 18.9 Å². The lowest BCUT2D eigenvalue weighted by molar-refractivity contribution is -0.137. The zero-order valence-corrected chi connectivity index (χ0v) is 15.3. The predicted molar refractivity (Wildman–Crippen MR) is 87.9 cm³/mol. The molecule has 4 rings (SSSR count). The largest absolute Gasteiger partial charge is 0.416 e. The summed E-state index contributed by atoms with van der Waals surface area (Å²) in [5.41, 5.74) is -0.858. The third-order valence-electron chi connectivity index (χ3n) is 5.42. The number of hydrogen-bond acceptors (Lipinski definition) is 2. The van der Waals surface area contributed by atoms with Crippen LogP contribution in [0.25, 0.3) is 0 Å². The Kier molecular flexibility index (Phi) is 3.66. The van der Waals surface area contributed by atoms with Crippen molar-refractivity contribution in [2.75, 3.05) is 4.90 Å². The Balaban J connectivity index is 1.72. The van der Waals surface area contributed by atoms with E-state index in [9.17, 15) is 22.8 Å². The first kappa shape index (κ1) is 16.6. The molecule has 1 heterocycles. The second-order valence-electron chi connectivity index (χ2n) is 6.56. The van der Waals surface area contributed by atoms with E-state index in [1.807, 2.05) is 0 Å². The molecular formula is C16H12Br2F3NO2. The Morgan fingerprint density at radius 2 is 1.54 bits per heavy atom. The molecule has 1 aromatic rings. The molecule has 128 valence electrons. The van der Waals surface area contributed by atoms with Gasteiger partial charge in [0.2, 0.25) is 11.8 Å². The quantitative estimate of drug-likeness (QED) is 0.463. The number of alkyl halides is 5. The van der Waals surface area contributed by atoms with Crippen molar-refractivity contribution in [2.24, 2.45) is 23.7 Å². The van der Waals surface area contributed by atoms with Crippen LogP contribution in [-0.2, 0) is 15.8 Å². The molecule has 2 aliphatic carbocycles. The van der Waals surface area contributed by atoms with Gasteiger partial charge in [-0.3, -0.25) is 14.5 Å².